The lowest BCUT2D eigenvalue weighted by atomic mass is 10.2. The number of ether oxygens (including phenoxy) is 1. The fourth-order valence-corrected chi connectivity index (χ4v) is 3.55. The van der Waals surface area contributed by atoms with Crippen molar-refractivity contribution < 1.29 is 13.9 Å². The maximum absolute atomic E-state index is 12.2. The lowest BCUT2D eigenvalue weighted by Crippen LogP contribution is -2.41. The molecule has 30 heavy (non-hydrogen) atoms. The van der Waals surface area contributed by atoms with Gasteiger partial charge in [0, 0.05) is 38.8 Å². The van der Waals surface area contributed by atoms with Crippen LogP contribution in [-0.4, -0.2) is 66.1 Å². The molecule has 1 aromatic carbocycles. The molecule has 1 aromatic heterocycles. The summed E-state index contributed by atoms with van der Waals surface area (Å²) in [5, 5.41) is 3.89. The smallest absolute Gasteiger partial charge is 0.273 e. The molecule has 0 atom stereocenters. The normalized spacial score (nSPS) is 15.1. The zero-order chi connectivity index (χ0) is 21.5. The molecule has 1 saturated heterocycles. The van der Waals surface area contributed by atoms with Gasteiger partial charge >= 0.3 is 0 Å². The van der Waals surface area contributed by atoms with E-state index in [-0.39, 0.29) is 11.9 Å². The molecule has 0 aliphatic carbocycles. The molecule has 1 aliphatic rings. The molecule has 0 spiro atoms. The van der Waals surface area contributed by atoms with E-state index in [0.717, 1.165) is 45.0 Å². The molecule has 2 heterocycles. The minimum absolute atomic E-state index is 0.0392. The van der Waals surface area contributed by atoms with Crippen LogP contribution in [0.15, 0.2) is 28.9 Å². The second-order valence-electron chi connectivity index (χ2n) is 7.67. The summed E-state index contributed by atoms with van der Waals surface area (Å²) < 4.78 is 11.0. The van der Waals surface area contributed by atoms with Crippen LogP contribution in [0.2, 0.25) is 10.0 Å². The molecule has 0 unspecified atom stereocenters. The lowest BCUT2D eigenvalue weighted by Gasteiger charge is -2.29. The first-order valence-corrected chi connectivity index (χ1v) is 10.9. The highest BCUT2D eigenvalue weighted by molar-refractivity contribution is 6.42. The SMILES string of the molecule is CC(C)NC(=O)c1coc(CN(CCN2CCOCC2)Cc2ccc(Cl)c(Cl)c2)n1. The van der Waals surface area contributed by atoms with E-state index in [9.17, 15) is 4.79 Å². The van der Waals surface area contributed by atoms with Gasteiger partial charge in [-0.2, -0.15) is 0 Å². The topological polar surface area (TPSA) is 70.8 Å². The van der Waals surface area contributed by atoms with E-state index in [0.29, 0.717) is 34.7 Å². The highest BCUT2D eigenvalue weighted by Crippen LogP contribution is 2.23. The largest absolute Gasteiger partial charge is 0.447 e. The molecule has 1 fully saturated rings. The van der Waals surface area contributed by atoms with Crippen LogP contribution >= 0.6 is 23.2 Å². The average molecular weight is 455 g/mol. The first-order chi connectivity index (χ1) is 14.4. The van der Waals surface area contributed by atoms with Crippen LogP contribution in [0.4, 0.5) is 0 Å². The van der Waals surface area contributed by atoms with Crippen LogP contribution < -0.4 is 5.32 Å². The van der Waals surface area contributed by atoms with Crippen molar-refractivity contribution in [2.45, 2.75) is 33.0 Å². The maximum Gasteiger partial charge on any atom is 0.273 e. The number of aromatic nitrogens is 1. The first-order valence-electron chi connectivity index (χ1n) is 10.1. The number of rotatable bonds is 9. The van der Waals surface area contributed by atoms with Crippen LogP contribution in [0.1, 0.15) is 35.8 Å². The third-order valence-corrected chi connectivity index (χ3v) is 5.53. The van der Waals surface area contributed by atoms with E-state index in [1.165, 1.54) is 6.26 Å². The molecular formula is C21H28Cl2N4O3. The molecular weight excluding hydrogens is 427 g/mol. The Bertz CT molecular complexity index is 837. The average Bonchev–Trinajstić information content (AvgIpc) is 3.18. The standard InChI is InChI=1S/C21H28Cl2N4O3/c1-15(2)24-21(28)19-14-30-20(25-19)13-27(6-5-26-7-9-29-10-8-26)12-16-3-4-17(22)18(23)11-16/h3-4,11,14-15H,5-10,12-13H2,1-2H3,(H,24,28). The molecule has 9 heteroatoms. The van der Waals surface area contributed by atoms with E-state index >= 15 is 0 Å². The molecule has 0 radical (unpaired) electrons. The Labute approximate surface area is 187 Å². The van der Waals surface area contributed by atoms with Crippen molar-refractivity contribution in [1.82, 2.24) is 20.1 Å². The third kappa shape index (κ3) is 6.96. The Kier molecular flexibility index (Phi) is 8.53. The van der Waals surface area contributed by atoms with Gasteiger partial charge in [-0.25, -0.2) is 4.98 Å². The van der Waals surface area contributed by atoms with Crippen molar-refractivity contribution in [3.05, 3.63) is 51.7 Å². The molecule has 0 saturated carbocycles. The zero-order valence-corrected chi connectivity index (χ0v) is 18.9. The maximum atomic E-state index is 12.2. The second-order valence-corrected chi connectivity index (χ2v) is 8.48. The number of carbonyl (C=O) groups is 1. The fraction of sp³-hybridized carbons (Fsp3) is 0.524. The summed E-state index contributed by atoms with van der Waals surface area (Å²) in [6.45, 7) is 10.1. The monoisotopic (exact) mass is 454 g/mol. The number of nitrogens with zero attached hydrogens (tertiary/aromatic N) is 3. The predicted octanol–water partition coefficient (Wildman–Crippen LogP) is 3.45. The Morgan fingerprint density at radius 2 is 2.00 bits per heavy atom. The Balaban J connectivity index is 1.67. The number of morpholine rings is 1. The summed E-state index contributed by atoms with van der Waals surface area (Å²) in [5.74, 6) is 0.273. The number of oxazole rings is 1. The van der Waals surface area contributed by atoms with Crippen LogP contribution in [0, 0.1) is 0 Å². The molecule has 3 rings (SSSR count). The summed E-state index contributed by atoms with van der Waals surface area (Å²) in [6.07, 6.45) is 1.41. The number of benzene rings is 1. The number of hydrogen-bond donors (Lipinski definition) is 1. The number of amides is 1. The second kappa shape index (κ2) is 11.1. The van der Waals surface area contributed by atoms with Crippen LogP contribution in [0.3, 0.4) is 0 Å². The van der Waals surface area contributed by atoms with Gasteiger partial charge in [-0.15, -0.1) is 0 Å². The van der Waals surface area contributed by atoms with Crippen molar-refractivity contribution in [3.63, 3.8) is 0 Å². The van der Waals surface area contributed by atoms with E-state index < -0.39 is 0 Å². The molecule has 1 N–H and O–H groups in total. The van der Waals surface area contributed by atoms with Gasteiger partial charge in [-0.1, -0.05) is 29.3 Å². The summed E-state index contributed by atoms with van der Waals surface area (Å²) >= 11 is 12.2. The summed E-state index contributed by atoms with van der Waals surface area (Å²) in [7, 11) is 0. The van der Waals surface area contributed by atoms with Crippen molar-refractivity contribution >= 4 is 29.1 Å². The van der Waals surface area contributed by atoms with Gasteiger partial charge in [0.25, 0.3) is 5.91 Å². The van der Waals surface area contributed by atoms with Gasteiger partial charge in [-0.05, 0) is 31.5 Å². The van der Waals surface area contributed by atoms with E-state index in [2.05, 4.69) is 20.1 Å². The van der Waals surface area contributed by atoms with E-state index in [4.69, 9.17) is 32.4 Å². The first kappa shape index (κ1) is 23.0. The van der Waals surface area contributed by atoms with Gasteiger partial charge < -0.3 is 14.5 Å². The van der Waals surface area contributed by atoms with Crippen molar-refractivity contribution in [2.24, 2.45) is 0 Å². The van der Waals surface area contributed by atoms with Gasteiger partial charge in [0.15, 0.2) is 5.69 Å². The van der Waals surface area contributed by atoms with Gasteiger partial charge in [0.1, 0.15) is 6.26 Å². The van der Waals surface area contributed by atoms with Crippen LogP contribution in [0.25, 0.3) is 0 Å². The van der Waals surface area contributed by atoms with Gasteiger partial charge in [0.2, 0.25) is 5.89 Å². The van der Waals surface area contributed by atoms with E-state index in [1.54, 1.807) is 6.07 Å². The van der Waals surface area contributed by atoms with Crippen molar-refractivity contribution in [3.8, 4) is 0 Å². The highest BCUT2D eigenvalue weighted by Gasteiger charge is 2.18. The highest BCUT2D eigenvalue weighted by atomic mass is 35.5. The zero-order valence-electron chi connectivity index (χ0n) is 17.4. The van der Waals surface area contributed by atoms with E-state index in [1.807, 2.05) is 26.0 Å². The van der Waals surface area contributed by atoms with Gasteiger partial charge in [0.05, 0.1) is 29.8 Å². The minimum atomic E-state index is -0.232. The number of nitrogens with one attached hydrogen (secondary N) is 1. The fourth-order valence-electron chi connectivity index (χ4n) is 3.23. The quantitative estimate of drug-likeness (QED) is 0.625. The molecule has 164 valence electrons. The molecule has 7 nitrogen and oxygen atoms in total. The lowest BCUT2D eigenvalue weighted by molar-refractivity contribution is 0.0320. The number of carbonyl (C=O) groups excluding carboxylic acids is 1. The molecule has 1 aliphatic heterocycles. The third-order valence-electron chi connectivity index (χ3n) is 4.79. The van der Waals surface area contributed by atoms with Crippen LogP contribution in [0.5, 0.6) is 0 Å². The molecule has 1 amide bonds. The Morgan fingerprint density at radius 1 is 1.23 bits per heavy atom. The van der Waals surface area contributed by atoms with Crippen molar-refractivity contribution in [1.29, 1.82) is 0 Å². The summed E-state index contributed by atoms with van der Waals surface area (Å²) in [5.41, 5.74) is 1.34. The predicted molar refractivity (Wildman–Crippen MR) is 117 cm³/mol. The van der Waals surface area contributed by atoms with Crippen LogP contribution in [-0.2, 0) is 17.8 Å². The Hall–Kier alpha value is -1.64. The molecule has 0 bridgehead atoms. The minimum Gasteiger partial charge on any atom is -0.447 e. The molecule has 2 aromatic rings. The summed E-state index contributed by atoms with van der Waals surface area (Å²) in [6, 6.07) is 5.69. The summed E-state index contributed by atoms with van der Waals surface area (Å²) in [4.78, 5) is 21.1. The Morgan fingerprint density at radius 3 is 2.70 bits per heavy atom. The van der Waals surface area contributed by atoms with Crippen molar-refractivity contribution in [2.75, 3.05) is 39.4 Å². The van der Waals surface area contributed by atoms with Gasteiger partial charge in [-0.3, -0.25) is 14.6 Å². The number of hydrogen-bond acceptors (Lipinski definition) is 6. The number of halogens is 2.